The van der Waals surface area contributed by atoms with Crippen molar-refractivity contribution in [1.82, 2.24) is 46.7 Å². The second-order valence-electron chi connectivity index (χ2n) is 22.6. The average Bonchev–Trinajstić information content (AvgIpc) is 1.74. The first-order chi connectivity index (χ1) is 45.3. The fourth-order valence-corrected chi connectivity index (χ4v) is 12.3. The number of hydrogen-bond acceptors (Lipinski definition) is 24. The van der Waals surface area contributed by atoms with Crippen molar-refractivity contribution >= 4 is 129 Å². The summed E-state index contributed by atoms with van der Waals surface area (Å²) in [5.74, 6) is -17.7. The number of aliphatic hydroxyl groups is 3. The number of H-pyrrole nitrogens is 1. The van der Waals surface area contributed by atoms with Crippen LogP contribution in [0.5, 0.6) is 0 Å². The molecule has 0 aliphatic carbocycles. The Morgan fingerprint density at radius 1 is 0.719 bits per heavy atom. The molecular weight excluding hydrogens is 1400 g/mol. The second kappa shape index (κ2) is 41.3. The minimum absolute atomic E-state index is 0. The van der Waals surface area contributed by atoms with Gasteiger partial charge in [-0.1, -0.05) is 100 Å². The van der Waals surface area contributed by atoms with Crippen LogP contribution in [0.25, 0.3) is 10.9 Å². The second-order valence-corrected chi connectivity index (χ2v) is 25.1. The zero-order chi connectivity index (χ0) is 69.7. The van der Waals surface area contributed by atoms with Gasteiger partial charge in [0.25, 0.3) is 0 Å². The summed E-state index contributed by atoms with van der Waals surface area (Å²) in [4.78, 5) is 148. The molecule has 10 unspecified atom stereocenters. The van der Waals surface area contributed by atoms with E-state index in [0.717, 1.165) is 38.3 Å². The van der Waals surface area contributed by atoms with Crippen LogP contribution >= 0.6 is 21.6 Å². The molecule has 518 valence electrons. The number of aromatic amines is 1. The largest absolute Gasteiger partial charge is 3.00 e. The van der Waals surface area contributed by atoms with E-state index in [1.807, 2.05) is 0 Å². The molecule has 6 amide bonds. The van der Waals surface area contributed by atoms with Crippen molar-refractivity contribution in [2.45, 2.75) is 119 Å². The van der Waals surface area contributed by atoms with E-state index in [-0.39, 0.29) is 71.0 Å². The van der Waals surface area contributed by atoms with E-state index >= 15 is 9.59 Å². The van der Waals surface area contributed by atoms with E-state index in [2.05, 4.69) is 46.9 Å². The Hall–Kier alpha value is -7.83. The molecule has 0 fully saturated rings. The number of hydrogen-bond donors (Lipinski definition) is 13. The number of rotatable bonds is 32. The van der Waals surface area contributed by atoms with Crippen molar-refractivity contribution in [2.75, 3.05) is 63.9 Å². The first-order valence-electron chi connectivity index (χ1n) is 30.4. The van der Waals surface area contributed by atoms with Crippen molar-refractivity contribution in [1.29, 1.82) is 0 Å². The molecule has 0 bridgehead atoms. The number of aromatic nitrogens is 1. The maximum Gasteiger partial charge on any atom is 3.00 e. The Balaban J connectivity index is 0.0000196. The van der Waals surface area contributed by atoms with Gasteiger partial charge in [0, 0.05) is 80.6 Å². The Morgan fingerprint density at radius 2 is 1.29 bits per heavy atom. The Kier molecular flexibility index (Phi) is 34.7. The van der Waals surface area contributed by atoms with Crippen LogP contribution in [-0.2, 0) is 67.2 Å². The molecule has 3 aromatic carbocycles. The topological polar surface area (TPSA) is 509 Å². The van der Waals surface area contributed by atoms with E-state index in [4.69, 9.17) is 5.73 Å². The minimum Gasteiger partial charge on any atom is -0.861 e. The molecule has 31 nitrogen and oxygen atoms in total. The quantitative estimate of drug-likeness (QED) is 0.00711. The molecule has 14 N–H and O–H groups in total. The average molecular weight is 1480 g/mol. The summed E-state index contributed by atoms with van der Waals surface area (Å²) >= 11 is 0. The smallest absolute Gasteiger partial charge is 0.861 e. The number of amides is 6. The van der Waals surface area contributed by atoms with Crippen LogP contribution in [0.2, 0.25) is 0 Å². The molecule has 1 aliphatic rings. The van der Waals surface area contributed by atoms with Gasteiger partial charge in [-0.3, -0.25) is 58.1 Å². The molecule has 0 radical (unpaired) electrons. The van der Waals surface area contributed by atoms with Gasteiger partial charge >= 0.3 is 37.8 Å². The molecule has 34 heteroatoms. The van der Waals surface area contributed by atoms with Gasteiger partial charge in [0.2, 0.25) is 35.4 Å². The van der Waals surface area contributed by atoms with Gasteiger partial charge in [-0.25, -0.2) is 0 Å². The molecule has 0 saturated carbocycles. The van der Waals surface area contributed by atoms with E-state index in [0.29, 0.717) is 34.0 Å². The van der Waals surface area contributed by atoms with Gasteiger partial charge in [0.15, 0.2) is 12.0 Å². The molecule has 4 aromatic rings. The molecular formula is C62H80InN12O19S2-. The number of carbonyl (C=O) groups is 10. The van der Waals surface area contributed by atoms with E-state index < -0.39 is 195 Å². The molecule has 96 heavy (non-hydrogen) atoms. The third-order valence-electron chi connectivity index (χ3n) is 15.1. The maximum absolute atomic E-state index is 15.1. The van der Waals surface area contributed by atoms with Crippen molar-refractivity contribution in [3.8, 4) is 0 Å². The predicted octanol–water partition coefficient (Wildman–Crippen LogP) is -6.46. The van der Waals surface area contributed by atoms with Crippen molar-refractivity contribution in [3.63, 3.8) is 0 Å². The molecule has 5 rings (SSSR count). The summed E-state index contributed by atoms with van der Waals surface area (Å²) in [5, 5.41) is 119. The van der Waals surface area contributed by atoms with E-state index in [1.54, 1.807) is 91.1 Å². The van der Waals surface area contributed by atoms with Crippen molar-refractivity contribution < 1.29 is 93.9 Å². The molecule has 1 aromatic heterocycles. The van der Waals surface area contributed by atoms with Gasteiger partial charge in [0.05, 0.1) is 42.8 Å². The molecule has 0 saturated heterocycles. The number of aliphatic carboxylic acids is 4. The number of carboxylic acids is 4. The standard InChI is InChI=1S/C62H84N12O19S2.In/c1-35(76)47(32-75)69-59(88)49-34-95-94-33-48(70-55(84)44(25-37-13-5-3-6-14-37)65-50(78)29-74(31-52(81)82)24-23-73(30-51(79)80)22-20-41(61(90)91)62(92)93)58(87)67-45(26-38-15-7-4-8-16-38)56(85)68-46(27-39-28-64-42-18-10-9-17-40(39)42)57(86)66-43(19-11-12-21-63)54(83)72-53(36(2)77)60(89)71-49;/h3-10,13-18,28,35-36,41,43-49,53,64,75-77H,11-12,19-27,29-34,63H2,1-2H3,(H,65,78)(H,66,86)(H,67,87)(H,68,85)(H,69,88)(H,70,84)(H,71,89)(H,72,83)(H,79,80)(H,81,82)(H,90,91)(H,92,93);/q;+3/p-4. The number of fused-ring (bicyclic) bond motifs is 1. The van der Waals surface area contributed by atoms with Gasteiger partial charge in [-0.2, -0.15) is 0 Å². The van der Waals surface area contributed by atoms with Gasteiger partial charge in [0.1, 0.15) is 30.2 Å². The fourth-order valence-electron chi connectivity index (χ4n) is 9.93. The number of nitrogens with two attached hydrogens (primary N) is 1. The Labute approximate surface area is 579 Å². The summed E-state index contributed by atoms with van der Waals surface area (Å²) in [6, 6.07) is 10.8. The fraction of sp³-hybridized carbons (Fsp3) is 0.484. The number of unbranched alkanes of at least 4 members (excludes halogenated alkanes) is 1. The molecule has 10 atom stereocenters. The molecule has 2 heterocycles. The van der Waals surface area contributed by atoms with Crippen molar-refractivity contribution in [2.24, 2.45) is 21.6 Å². The van der Waals surface area contributed by atoms with Crippen LogP contribution < -0.4 is 58.1 Å². The number of nitrogens with zero attached hydrogens (tertiary/aromatic N) is 4. The molecule has 0 spiro atoms. The van der Waals surface area contributed by atoms with Crippen LogP contribution in [-0.4, -0.2) is 262 Å². The summed E-state index contributed by atoms with van der Waals surface area (Å²) in [6.45, 7) is -2.00. The normalized spacial score (nSPS) is 20.1. The van der Waals surface area contributed by atoms with Gasteiger partial charge in [-0.05, 0) is 87.2 Å². The minimum atomic E-state index is -1.93. The van der Waals surface area contributed by atoms with Crippen LogP contribution in [0.4, 0.5) is 0 Å². The maximum atomic E-state index is 15.1. The first-order valence-corrected chi connectivity index (χ1v) is 32.9. The number of nitrogens with one attached hydrogen (secondary N) is 7. The van der Waals surface area contributed by atoms with Crippen LogP contribution in [0.3, 0.4) is 0 Å². The third kappa shape index (κ3) is 27.0. The molecule has 1 aliphatic heterocycles. The predicted molar refractivity (Wildman–Crippen MR) is 347 cm³/mol. The summed E-state index contributed by atoms with van der Waals surface area (Å²) in [5.41, 5.74) is 7.98. The Bertz CT molecular complexity index is 3280. The summed E-state index contributed by atoms with van der Waals surface area (Å²) in [7, 11) is 1.70. The number of carboxylic acid groups (broad SMARTS) is 4. The van der Waals surface area contributed by atoms with E-state index in [1.165, 1.54) is 6.92 Å². The zero-order valence-corrected chi connectivity index (χ0v) is 57.7. The number of benzene rings is 3. The third-order valence-corrected chi connectivity index (χ3v) is 17.5. The van der Waals surface area contributed by atoms with E-state index in [9.17, 15) is 84.3 Å². The van der Waals surface area contributed by atoms with Gasteiger partial charge < -0.3 is 98.2 Å². The van der Waals surface area contributed by atoms with Gasteiger partial charge in [-0.15, -0.1) is 0 Å². The number of aliphatic imine (C=N–C) groups is 2. The SMILES string of the molecule is CC(O)C(CO)NC(=O)C1CSSCC(NC(=O)C(Cc2ccccc2)N=C([O-])CN(CCN(CCC(C(=O)O)C(=O)O)CC(=O)[O-])CC(=O)[O-])C(=O)NC(Cc2ccccc2)C(=O)NC(Cc2c[nH]c3ccccc23)C(=O)NC(CCCCN)C([O-])=NC(C(C)O)C(=O)N1.[In+3]. The zero-order valence-electron chi connectivity index (χ0n) is 52.7. The van der Waals surface area contributed by atoms with Crippen LogP contribution in [0, 0.1) is 5.92 Å². The number of carbonyl (C=O) groups excluding carboxylic acids is 8. The summed E-state index contributed by atoms with van der Waals surface area (Å²) < 4.78 is 0. The first kappa shape index (κ1) is 80.6. The number of para-hydroxylation sites is 1. The van der Waals surface area contributed by atoms with Crippen LogP contribution in [0.15, 0.2) is 101 Å². The monoisotopic (exact) mass is 1480 g/mol. The van der Waals surface area contributed by atoms with Crippen molar-refractivity contribution in [3.05, 3.63) is 108 Å². The van der Waals surface area contributed by atoms with Crippen LogP contribution in [0.1, 0.15) is 56.2 Å². The Morgan fingerprint density at radius 3 is 1.90 bits per heavy atom. The summed E-state index contributed by atoms with van der Waals surface area (Å²) in [6.07, 6.45) is -2.18. The number of aliphatic hydroxyl groups excluding tert-OH is 3.